The second-order valence-corrected chi connectivity index (χ2v) is 4.84. The third kappa shape index (κ3) is 4.26. The summed E-state index contributed by atoms with van der Waals surface area (Å²) in [5.74, 6) is -0.759. The van der Waals surface area contributed by atoms with Gasteiger partial charge in [0.25, 0.3) is 0 Å². The number of ether oxygens (including phenoxy) is 1. The van der Waals surface area contributed by atoms with Gasteiger partial charge in [-0.05, 0) is 11.8 Å². The van der Waals surface area contributed by atoms with Crippen molar-refractivity contribution in [3.05, 3.63) is 12.1 Å². The number of aromatic nitrogens is 1. The summed E-state index contributed by atoms with van der Waals surface area (Å²) in [6, 6.07) is 2.38. The van der Waals surface area contributed by atoms with E-state index in [4.69, 9.17) is 4.74 Å². The zero-order valence-corrected chi connectivity index (χ0v) is 10.1. The minimum Gasteiger partial charge on any atom is -0.492 e. The highest BCUT2D eigenvalue weighted by Crippen LogP contribution is 2.20. The van der Waals surface area contributed by atoms with Crippen LogP contribution in [0.15, 0.2) is 12.1 Å². The lowest BCUT2D eigenvalue weighted by molar-refractivity contribution is 0.0304. The van der Waals surface area contributed by atoms with E-state index < -0.39 is 6.16 Å². The molecule has 0 aliphatic carbocycles. The third-order valence-electron chi connectivity index (χ3n) is 2.04. The van der Waals surface area contributed by atoms with Crippen LogP contribution in [0.25, 0.3) is 0 Å². The summed E-state index contributed by atoms with van der Waals surface area (Å²) in [6.45, 7) is 6.27. The standard InChI is InChI=1S/C11H17NO5/c1-11(2,3)6-7-16-10(15)17-12-8(13)4-5-9(12)14/h4-5,13-14H,6-7H2,1-3H3. The van der Waals surface area contributed by atoms with Gasteiger partial charge in [-0.3, -0.25) is 4.84 Å². The van der Waals surface area contributed by atoms with Crippen LogP contribution in [-0.2, 0) is 4.74 Å². The van der Waals surface area contributed by atoms with Crippen molar-refractivity contribution < 1.29 is 24.6 Å². The zero-order valence-electron chi connectivity index (χ0n) is 10.1. The minimum absolute atomic E-state index is 0.0536. The summed E-state index contributed by atoms with van der Waals surface area (Å²) in [5.41, 5.74) is 0.0536. The first kappa shape index (κ1) is 13.2. The molecule has 0 radical (unpaired) electrons. The molecule has 0 unspecified atom stereocenters. The largest absolute Gasteiger partial charge is 0.533 e. The molecule has 17 heavy (non-hydrogen) atoms. The maximum Gasteiger partial charge on any atom is 0.533 e. The van der Waals surface area contributed by atoms with Crippen LogP contribution in [0.1, 0.15) is 27.2 Å². The Balaban J connectivity index is 2.41. The van der Waals surface area contributed by atoms with Gasteiger partial charge in [0.05, 0.1) is 6.61 Å². The van der Waals surface area contributed by atoms with Crippen LogP contribution in [0, 0.1) is 5.41 Å². The van der Waals surface area contributed by atoms with Crippen LogP contribution < -0.4 is 4.84 Å². The molecule has 6 heteroatoms. The fourth-order valence-corrected chi connectivity index (χ4v) is 1.04. The van der Waals surface area contributed by atoms with Crippen LogP contribution in [0.4, 0.5) is 4.79 Å². The number of hydrogen-bond acceptors (Lipinski definition) is 5. The summed E-state index contributed by atoms with van der Waals surface area (Å²) in [4.78, 5) is 15.8. The predicted octanol–water partition coefficient (Wildman–Crippen LogP) is 1.90. The maximum absolute atomic E-state index is 11.2. The Bertz CT molecular complexity index is 372. The predicted molar refractivity (Wildman–Crippen MR) is 59.8 cm³/mol. The number of hydrogen-bond donors (Lipinski definition) is 2. The number of rotatable bonds is 3. The Labute approximate surface area is 99.3 Å². The quantitative estimate of drug-likeness (QED) is 0.792. The lowest BCUT2D eigenvalue weighted by Crippen LogP contribution is -2.22. The molecule has 1 aromatic heterocycles. The fourth-order valence-electron chi connectivity index (χ4n) is 1.04. The highest BCUT2D eigenvalue weighted by Gasteiger charge is 2.15. The van der Waals surface area contributed by atoms with Crippen molar-refractivity contribution in [2.75, 3.05) is 6.61 Å². The Hall–Kier alpha value is -1.85. The van der Waals surface area contributed by atoms with Crippen molar-refractivity contribution >= 4 is 6.16 Å². The molecule has 0 aromatic carbocycles. The lowest BCUT2D eigenvalue weighted by atomic mass is 9.93. The molecule has 0 saturated carbocycles. The molecule has 0 aliphatic rings. The third-order valence-corrected chi connectivity index (χ3v) is 2.04. The molecule has 0 atom stereocenters. The molecule has 0 amide bonds. The molecule has 2 N–H and O–H groups in total. The second-order valence-electron chi connectivity index (χ2n) is 4.84. The van der Waals surface area contributed by atoms with Gasteiger partial charge >= 0.3 is 6.16 Å². The van der Waals surface area contributed by atoms with Crippen LogP contribution >= 0.6 is 0 Å². The average molecular weight is 243 g/mol. The Morgan fingerprint density at radius 2 is 1.82 bits per heavy atom. The van der Waals surface area contributed by atoms with E-state index in [0.29, 0.717) is 11.2 Å². The SMILES string of the molecule is CC(C)(C)CCOC(=O)On1c(O)ccc1O. The molecule has 96 valence electrons. The average Bonchev–Trinajstić information content (AvgIpc) is 2.47. The van der Waals surface area contributed by atoms with Crippen LogP contribution in [0.5, 0.6) is 11.8 Å². The second kappa shape index (κ2) is 4.99. The van der Waals surface area contributed by atoms with Gasteiger partial charge in [0.2, 0.25) is 11.8 Å². The minimum atomic E-state index is -0.976. The first-order valence-electron chi connectivity index (χ1n) is 5.24. The van der Waals surface area contributed by atoms with Crippen molar-refractivity contribution in [3.63, 3.8) is 0 Å². The molecule has 1 rings (SSSR count). The smallest absolute Gasteiger partial charge is 0.492 e. The number of carbonyl (C=O) groups excluding carboxylic acids is 1. The number of aromatic hydroxyl groups is 2. The van der Waals surface area contributed by atoms with Crippen LogP contribution in [0.2, 0.25) is 0 Å². The summed E-state index contributed by atoms with van der Waals surface area (Å²) in [7, 11) is 0. The maximum atomic E-state index is 11.2. The molecule has 0 saturated heterocycles. The van der Waals surface area contributed by atoms with E-state index in [9.17, 15) is 15.0 Å². The van der Waals surface area contributed by atoms with Gasteiger partial charge in [0.15, 0.2) is 0 Å². The van der Waals surface area contributed by atoms with E-state index in [1.165, 1.54) is 12.1 Å². The van der Waals surface area contributed by atoms with Gasteiger partial charge in [-0.15, -0.1) is 4.73 Å². The molecule has 0 aliphatic heterocycles. The van der Waals surface area contributed by atoms with E-state index >= 15 is 0 Å². The summed E-state index contributed by atoms with van der Waals surface area (Å²) in [6.07, 6.45) is -0.290. The van der Waals surface area contributed by atoms with E-state index in [-0.39, 0.29) is 23.8 Å². The molecule has 0 bridgehead atoms. The van der Waals surface area contributed by atoms with Crippen molar-refractivity contribution in [1.29, 1.82) is 0 Å². The number of carbonyl (C=O) groups is 1. The molecule has 0 fully saturated rings. The van der Waals surface area contributed by atoms with Crippen molar-refractivity contribution in [1.82, 2.24) is 4.73 Å². The zero-order chi connectivity index (χ0) is 13.1. The molecule has 1 aromatic rings. The van der Waals surface area contributed by atoms with Crippen molar-refractivity contribution in [3.8, 4) is 11.8 Å². The van der Waals surface area contributed by atoms with Crippen molar-refractivity contribution in [2.45, 2.75) is 27.2 Å². The lowest BCUT2D eigenvalue weighted by Gasteiger charge is -2.17. The van der Waals surface area contributed by atoms with Gasteiger partial charge in [-0.1, -0.05) is 20.8 Å². The van der Waals surface area contributed by atoms with Crippen LogP contribution in [0.3, 0.4) is 0 Å². The number of nitrogens with zero attached hydrogens (tertiary/aromatic N) is 1. The Kier molecular flexibility index (Phi) is 3.88. The first-order chi connectivity index (χ1) is 7.79. The summed E-state index contributed by atoms with van der Waals surface area (Å²) in [5, 5.41) is 18.4. The first-order valence-corrected chi connectivity index (χ1v) is 5.24. The van der Waals surface area contributed by atoms with E-state index in [1.807, 2.05) is 20.8 Å². The monoisotopic (exact) mass is 243 g/mol. The highest BCUT2D eigenvalue weighted by molar-refractivity contribution is 5.60. The molecule has 1 heterocycles. The van der Waals surface area contributed by atoms with Gasteiger partial charge in [0.1, 0.15) is 0 Å². The molecular weight excluding hydrogens is 226 g/mol. The topological polar surface area (TPSA) is 80.9 Å². The summed E-state index contributed by atoms with van der Waals surface area (Å²) < 4.78 is 5.38. The Morgan fingerprint density at radius 3 is 2.29 bits per heavy atom. The van der Waals surface area contributed by atoms with Gasteiger partial charge in [0, 0.05) is 12.1 Å². The fraction of sp³-hybridized carbons (Fsp3) is 0.545. The normalized spacial score (nSPS) is 11.2. The van der Waals surface area contributed by atoms with Gasteiger partial charge in [-0.25, -0.2) is 4.79 Å². The van der Waals surface area contributed by atoms with E-state index in [2.05, 4.69) is 4.84 Å². The van der Waals surface area contributed by atoms with E-state index in [0.717, 1.165) is 0 Å². The van der Waals surface area contributed by atoms with Crippen LogP contribution in [-0.4, -0.2) is 27.7 Å². The summed E-state index contributed by atoms with van der Waals surface area (Å²) >= 11 is 0. The van der Waals surface area contributed by atoms with Gasteiger partial charge < -0.3 is 14.9 Å². The highest BCUT2D eigenvalue weighted by atomic mass is 16.8. The Morgan fingerprint density at radius 1 is 1.29 bits per heavy atom. The molecular formula is C11H17NO5. The van der Waals surface area contributed by atoms with Crippen molar-refractivity contribution in [2.24, 2.45) is 5.41 Å². The molecule has 0 spiro atoms. The molecule has 6 nitrogen and oxygen atoms in total. The van der Waals surface area contributed by atoms with Gasteiger partial charge in [-0.2, -0.15) is 0 Å². The van der Waals surface area contributed by atoms with E-state index in [1.54, 1.807) is 0 Å².